The van der Waals surface area contributed by atoms with E-state index in [1.54, 1.807) is 0 Å². The Labute approximate surface area is 139 Å². The Kier molecular flexibility index (Phi) is 7.11. The predicted octanol–water partition coefficient (Wildman–Crippen LogP) is 2.99. The fourth-order valence-electron chi connectivity index (χ4n) is 3.16. The molecule has 2 N–H and O–H groups in total. The highest BCUT2D eigenvalue weighted by molar-refractivity contribution is 6.03. The first-order valence-electron chi connectivity index (χ1n) is 8.84. The monoisotopic (exact) mass is 316 g/mol. The van der Waals surface area contributed by atoms with Gasteiger partial charge in [0, 0.05) is 19.0 Å². The number of hydrogen-bond donors (Lipinski definition) is 2. The molecule has 1 aromatic carbocycles. The molecule has 1 aromatic rings. The van der Waals surface area contributed by atoms with Crippen molar-refractivity contribution in [2.24, 2.45) is 5.92 Å². The van der Waals surface area contributed by atoms with Gasteiger partial charge in [-0.05, 0) is 12.0 Å². The molecule has 1 aliphatic heterocycles. The molecule has 1 heterocycles. The molecule has 0 radical (unpaired) electrons. The number of unbranched alkanes of at least 4 members (excludes halogenated alkanes) is 5. The van der Waals surface area contributed by atoms with Gasteiger partial charge in [-0.25, -0.2) is 0 Å². The van der Waals surface area contributed by atoms with Crippen LogP contribution in [0, 0.1) is 5.92 Å². The van der Waals surface area contributed by atoms with E-state index in [2.05, 4.69) is 17.6 Å². The summed E-state index contributed by atoms with van der Waals surface area (Å²) in [5.41, 5.74) is 1.05. The number of nitrogens with one attached hydrogen (secondary N) is 2. The molecule has 2 amide bonds. The van der Waals surface area contributed by atoms with Gasteiger partial charge in [-0.2, -0.15) is 0 Å². The van der Waals surface area contributed by atoms with Crippen molar-refractivity contribution >= 4 is 11.8 Å². The Balaban J connectivity index is 1.79. The summed E-state index contributed by atoms with van der Waals surface area (Å²) in [4.78, 5) is 24.4. The summed E-state index contributed by atoms with van der Waals surface area (Å²) in [5, 5.41) is 5.77. The average Bonchev–Trinajstić information content (AvgIpc) is 2.96. The lowest BCUT2D eigenvalue weighted by atomic mass is 9.88. The summed E-state index contributed by atoms with van der Waals surface area (Å²) >= 11 is 0. The zero-order chi connectivity index (χ0) is 16.5. The van der Waals surface area contributed by atoms with Crippen LogP contribution in [0.4, 0.5) is 0 Å². The highest BCUT2D eigenvalue weighted by Gasteiger charge is 2.40. The fourth-order valence-corrected chi connectivity index (χ4v) is 3.16. The van der Waals surface area contributed by atoms with Gasteiger partial charge in [0.15, 0.2) is 0 Å². The van der Waals surface area contributed by atoms with Gasteiger partial charge in [-0.1, -0.05) is 69.4 Å². The van der Waals surface area contributed by atoms with E-state index in [1.807, 2.05) is 30.3 Å². The van der Waals surface area contributed by atoms with E-state index < -0.39 is 5.92 Å². The smallest absolute Gasteiger partial charge is 0.233 e. The van der Waals surface area contributed by atoms with Crippen LogP contribution in [0.1, 0.15) is 56.9 Å². The van der Waals surface area contributed by atoms with Gasteiger partial charge < -0.3 is 10.6 Å². The Morgan fingerprint density at radius 1 is 1.13 bits per heavy atom. The van der Waals surface area contributed by atoms with E-state index in [0.29, 0.717) is 13.1 Å². The van der Waals surface area contributed by atoms with Crippen molar-refractivity contribution in [3.63, 3.8) is 0 Å². The zero-order valence-corrected chi connectivity index (χ0v) is 14.0. The first-order valence-corrected chi connectivity index (χ1v) is 8.84. The lowest BCUT2D eigenvalue weighted by Crippen LogP contribution is -2.37. The molecule has 0 aromatic heterocycles. The molecule has 126 valence electrons. The van der Waals surface area contributed by atoms with Crippen LogP contribution in [0.25, 0.3) is 0 Å². The molecule has 0 saturated carbocycles. The van der Waals surface area contributed by atoms with Gasteiger partial charge in [0.05, 0.1) is 0 Å². The van der Waals surface area contributed by atoms with Gasteiger partial charge in [0.2, 0.25) is 11.8 Å². The molecule has 2 atom stereocenters. The standard InChI is InChI=1S/C19H28N2O2/c1-2-3-4-5-6-10-13-20-18(22)17-16(14-21-19(17)23)15-11-8-7-9-12-15/h7-9,11-12,16-17H,2-6,10,13-14H2,1H3,(H,20,22)(H,21,23). The first-order chi connectivity index (χ1) is 11.2. The largest absolute Gasteiger partial charge is 0.355 e. The van der Waals surface area contributed by atoms with Crippen molar-refractivity contribution in [2.45, 2.75) is 51.4 Å². The maximum atomic E-state index is 12.4. The second-order valence-corrected chi connectivity index (χ2v) is 6.30. The highest BCUT2D eigenvalue weighted by atomic mass is 16.2. The summed E-state index contributed by atoms with van der Waals surface area (Å²) in [6.07, 6.45) is 7.15. The second-order valence-electron chi connectivity index (χ2n) is 6.30. The van der Waals surface area contributed by atoms with Crippen LogP contribution in [0.15, 0.2) is 30.3 Å². The van der Waals surface area contributed by atoms with Crippen LogP contribution in [0.5, 0.6) is 0 Å². The van der Waals surface area contributed by atoms with Crippen molar-refractivity contribution in [1.29, 1.82) is 0 Å². The average molecular weight is 316 g/mol. The number of rotatable bonds is 9. The molecule has 1 saturated heterocycles. The van der Waals surface area contributed by atoms with E-state index in [1.165, 1.54) is 25.7 Å². The van der Waals surface area contributed by atoms with Crippen LogP contribution in [-0.2, 0) is 9.59 Å². The molecule has 1 fully saturated rings. The summed E-state index contributed by atoms with van der Waals surface area (Å²) in [6.45, 7) is 3.41. The van der Waals surface area contributed by atoms with Crippen molar-refractivity contribution < 1.29 is 9.59 Å². The van der Waals surface area contributed by atoms with Crippen molar-refractivity contribution in [3.05, 3.63) is 35.9 Å². The summed E-state index contributed by atoms with van der Waals surface area (Å²) in [6, 6.07) is 9.81. The molecular weight excluding hydrogens is 288 g/mol. The van der Waals surface area contributed by atoms with Crippen molar-refractivity contribution in [1.82, 2.24) is 10.6 Å². The maximum Gasteiger partial charge on any atom is 0.233 e. The van der Waals surface area contributed by atoms with Crippen LogP contribution >= 0.6 is 0 Å². The molecule has 4 nitrogen and oxygen atoms in total. The first kappa shape index (κ1) is 17.5. The van der Waals surface area contributed by atoms with Crippen molar-refractivity contribution in [3.8, 4) is 0 Å². The number of carbonyl (C=O) groups is 2. The van der Waals surface area contributed by atoms with Gasteiger partial charge in [-0.3, -0.25) is 9.59 Å². The van der Waals surface area contributed by atoms with Crippen LogP contribution in [0.2, 0.25) is 0 Å². The molecule has 2 unspecified atom stereocenters. The van der Waals surface area contributed by atoms with Gasteiger partial charge in [0.25, 0.3) is 0 Å². The summed E-state index contributed by atoms with van der Waals surface area (Å²) in [7, 11) is 0. The number of benzene rings is 1. The molecule has 23 heavy (non-hydrogen) atoms. The van der Waals surface area contributed by atoms with E-state index in [-0.39, 0.29) is 17.7 Å². The van der Waals surface area contributed by atoms with Gasteiger partial charge in [-0.15, -0.1) is 0 Å². The summed E-state index contributed by atoms with van der Waals surface area (Å²) < 4.78 is 0. The minimum Gasteiger partial charge on any atom is -0.355 e. The summed E-state index contributed by atoms with van der Waals surface area (Å²) in [5.74, 6) is -0.951. The fraction of sp³-hybridized carbons (Fsp3) is 0.579. The normalized spacial score (nSPS) is 20.3. The molecule has 0 aliphatic carbocycles. The quantitative estimate of drug-likeness (QED) is 0.543. The van der Waals surface area contributed by atoms with E-state index >= 15 is 0 Å². The molecular formula is C19H28N2O2. The molecule has 0 bridgehead atoms. The van der Waals surface area contributed by atoms with Gasteiger partial charge >= 0.3 is 0 Å². The Bertz CT molecular complexity index is 501. The third-order valence-electron chi connectivity index (χ3n) is 4.52. The second kappa shape index (κ2) is 9.33. The zero-order valence-electron chi connectivity index (χ0n) is 14.0. The van der Waals surface area contributed by atoms with Crippen LogP contribution in [-0.4, -0.2) is 24.9 Å². The Hall–Kier alpha value is -1.84. The van der Waals surface area contributed by atoms with Crippen LogP contribution < -0.4 is 10.6 Å². The minimum absolute atomic E-state index is 0.0618. The van der Waals surface area contributed by atoms with Gasteiger partial charge in [0.1, 0.15) is 5.92 Å². The molecule has 1 aliphatic rings. The van der Waals surface area contributed by atoms with Crippen LogP contribution in [0.3, 0.4) is 0 Å². The maximum absolute atomic E-state index is 12.4. The Morgan fingerprint density at radius 3 is 2.57 bits per heavy atom. The molecule has 4 heteroatoms. The van der Waals surface area contributed by atoms with E-state index in [9.17, 15) is 9.59 Å². The molecule has 2 rings (SSSR count). The Morgan fingerprint density at radius 2 is 1.83 bits per heavy atom. The van der Waals surface area contributed by atoms with E-state index in [0.717, 1.165) is 18.4 Å². The topological polar surface area (TPSA) is 58.2 Å². The third-order valence-corrected chi connectivity index (χ3v) is 4.52. The molecule has 0 spiro atoms. The number of carbonyl (C=O) groups excluding carboxylic acids is 2. The van der Waals surface area contributed by atoms with Crippen molar-refractivity contribution in [2.75, 3.05) is 13.1 Å². The number of hydrogen-bond acceptors (Lipinski definition) is 2. The minimum atomic E-state index is -0.600. The lowest BCUT2D eigenvalue weighted by Gasteiger charge is -2.17. The highest BCUT2D eigenvalue weighted by Crippen LogP contribution is 2.28. The third kappa shape index (κ3) is 5.08. The lowest BCUT2D eigenvalue weighted by molar-refractivity contribution is -0.133. The number of amides is 2. The predicted molar refractivity (Wildman–Crippen MR) is 92.1 cm³/mol. The SMILES string of the molecule is CCCCCCCCNC(=O)C1C(=O)NCC1c1ccccc1. The van der Waals surface area contributed by atoms with E-state index in [4.69, 9.17) is 0 Å².